The van der Waals surface area contributed by atoms with Crippen molar-refractivity contribution in [3.8, 4) is 5.69 Å². The highest BCUT2D eigenvalue weighted by Gasteiger charge is 2.40. The Bertz CT molecular complexity index is 695. The first-order chi connectivity index (χ1) is 12.1. The molecule has 3 rings (SSSR count). The number of hydrogen-bond donors (Lipinski definition) is 2. The molecule has 2 N–H and O–H groups in total. The van der Waals surface area contributed by atoms with Crippen LogP contribution in [0.1, 0.15) is 31.5 Å². The molecular weight excluding hydrogens is 354 g/mol. The normalized spacial score (nSPS) is 17.2. The third-order valence-corrected chi connectivity index (χ3v) is 4.79. The number of piperidine rings is 1. The Hall–Kier alpha value is -1.96. The van der Waals surface area contributed by atoms with Crippen LogP contribution in [-0.2, 0) is 9.53 Å². The summed E-state index contributed by atoms with van der Waals surface area (Å²) in [5.74, 6) is 0.0256. The first-order valence-electron chi connectivity index (χ1n) is 8.63. The van der Waals surface area contributed by atoms with Gasteiger partial charge in [0.05, 0.1) is 29.9 Å². The molecule has 1 atom stereocenters. The zero-order valence-electron chi connectivity index (χ0n) is 15.1. The summed E-state index contributed by atoms with van der Waals surface area (Å²) in [6.07, 6.45) is 3.40. The SMILES string of the molecule is COCC1(C(=O)NC(C)c2cn(-c3ccccc3)nn2)CCNCC1.Cl. The quantitative estimate of drug-likeness (QED) is 0.801. The van der Waals surface area contributed by atoms with Gasteiger partial charge in [0.15, 0.2) is 0 Å². The Labute approximate surface area is 159 Å². The van der Waals surface area contributed by atoms with Crippen molar-refractivity contribution in [2.24, 2.45) is 5.41 Å². The van der Waals surface area contributed by atoms with Crippen LogP contribution in [-0.4, -0.2) is 47.7 Å². The van der Waals surface area contributed by atoms with E-state index >= 15 is 0 Å². The Morgan fingerprint density at radius 3 is 2.69 bits per heavy atom. The van der Waals surface area contributed by atoms with Crippen LogP contribution >= 0.6 is 12.4 Å². The summed E-state index contributed by atoms with van der Waals surface area (Å²) in [6.45, 7) is 4.02. The van der Waals surface area contributed by atoms with Crippen LogP contribution in [0.15, 0.2) is 36.5 Å². The summed E-state index contributed by atoms with van der Waals surface area (Å²) in [5, 5.41) is 14.8. The predicted molar refractivity (Wildman–Crippen MR) is 102 cm³/mol. The standard InChI is InChI=1S/C18H25N5O2.ClH/c1-14(16-12-23(22-21-16)15-6-4-3-5-7-15)20-17(24)18(13-25-2)8-10-19-11-9-18;/h3-7,12,14,19H,8-11,13H2,1-2H3,(H,20,24);1H. The number of methoxy groups -OCH3 is 1. The fraction of sp³-hybridized carbons (Fsp3) is 0.500. The number of aromatic nitrogens is 3. The average Bonchev–Trinajstić information content (AvgIpc) is 3.14. The van der Waals surface area contributed by atoms with Crippen LogP contribution < -0.4 is 10.6 Å². The molecule has 0 saturated carbocycles. The van der Waals surface area contributed by atoms with Crippen molar-refractivity contribution in [1.29, 1.82) is 0 Å². The van der Waals surface area contributed by atoms with Crippen molar-refractivity contribution < 1.29 is 9.53 Å². The number of para-hydroxylation sites is 1. The molecule has 1 aromatic carbocycles. The summed E-state index contributed by atoms with van der Waals surface area (Å²) < 4.78 is 7.05. The van der Waals surface area contributed by atoms with E-state index in [4.69, 9.17) is 4.74 Å². The molecule has 26 heavy (non-hydrogen) atoms. The van der Waals surface area contributed by atoms with Gasteiger partial charge >= 0.3 is 0 Å². The topological polar surface area (TPSA) is 81.1 Å². The molecule has 1 aromatic heterocycles. The number of rotatable bonds is 6. The second kappa shape index (κ2) is 9.12. The van der Waals surface area contributed by atoms with Gasteiger partial charge in [0.2, 0.25) is 5.91 Å². The first kappa shape index (κ1) is 20.4. The molecule has 0 radical (unpaired) electrons. The molecule has 142 valence electrons. The van der Waals surface area contributed by atoms with E-state index in [1.165, 1.54) is 0 Å². The lowest BCUT2D eigenvalue weighted by Gasteiger charge is -2.36. The minimum absolute atomic E-state index is 0. The number of halogens is 1. The molecule has 0 spiro atoms. The van der Waals surface area contributed by atoms with E-state index < -0.39 is 5.41 Å². The van der Waals surface area contributed by atoms with E-state index in [2.05, 4.69) is 20.9 Å². The zero-order valence-corrected chi connectivity index (χ0v) is 16.0. The minimum atomic E-state index is -0.469. The second-order valence-corrected chi connectivity index (χ2v) is 6.58. The summed E-state index contributed by atoms with van der Waals surface area (Å²) in [6, 6.07) is 9.57. The van der Waals surface area contributed by atoms with Gasteiger partial charge in [0.25, 0.3) is 0 Å². The van der Waals surface area contributed by atoms with Gasteiger partial charge in [-0.1, -0.05) is 23.4 Å². The highest BCUT2D eigenvalue weighted by atomic mass is 35.5. The molecule has 8 heteroatoms. The Balaban J connectivity index is 0.00000243. The summed E-state index contributed by atoms with van der Waals surface area (Å²) >= 11 is 0. The van der Waals surface area contributed by atoms with Crippen molar-refractivity contribution in [3.63, 3.8) is 0 Å². The van der Waals surface area contributed by atoms with Gasteiger partial charge in [-0.2, -0.15) is 0 Å². The fourth-order valence-electron chi connectivity index (χ4n) is 3.22. The number of benzene rings is 1. The average molecular weight is 380 g/mol. The Morgan fingerprint density at radius 2 is 2.04 bits per heavy atom. The van der Waals surface area contributed by atoms with E-state index in [1.54, 1.807) is 11.8 Å². The van der Waals surface area contributed by atoms with Gasteiger partial charge in [-0.3, -0.25) is 4.79 Å². The highest BCUT2D eigenvalue weighted by Crippen LogP contribution is 2.30. The van der Waals surface area contributed by atoms with Crippen molar-refractivity contribution in [2.75, 3.05) is 26.8 Å². The lowest BCUT2D eigenvalue weighted by atomic mass is 9.78. The third kappa shape index (κ3) is 4.41. The number of ether oxygens (including phenoxy) is 1. The zero-order chi connectivity index (χ0) is 17.7. The van der Waals surface area contributed by atoms with Gasteiger partial charge in [0.1, 0.15) is 5.69 Å². The second-order valence-electron chi connectivity index (χ2n) is 6.58. The van der Waals surface area contributed by atoms with Crippen molar-refractivity contribution >= 4 is 18.3 Å². The van der Waals surface area contributed by atoms with Crippen molar-refractivity contribution in [3.05, 3.63) is 42.2 Å². The first-order valence-corrected chi connectivity index (χ1v) is 8.63. The van der Waals surface area contributed by atoms with Crippen LogP contribution in [0.5, 0.6) is 0 Å². The van der Waals surface area contributed by atoms with E-state index in [-0.39, 0.29) is 24.4 Å². The summed E-state index contributed by atoms with van der Waals surface area (Å²) in [7, 11) is 1.64. The maximum Gasteiger partial charge on any atom is 0.229 e. The van der Waals surface area contributed by atoms with E-state index in [9.17, 15) is 4.79 Å². The van der Waals surface area contributed by atoms with Crippen molar-refractivity contribution in [1.82, 2.24) is 25.6 Å². The number of nitrogens with one attached hydrogen (secondary N) is 2. The third-order valence-electron chi connectivity index (χ3n) is 4.79. The number of hydrogen-bond acceptors (Lipinski definition) is 5. The van der Waals surface area contributed by atoms with Crippen LogP contribution in [0.4, 0.5) is 0 Å². The van der Waals surface area contributed by atoms with Gasteiger partial charge in [-0.15, -0.1) is 17.5 Å². The fourth-order valence-corrected chi connectivity index (χ4v) is 3.22. The molecule has 2 aromatic rings. The minimum Gasteiger partial charge on any atom is -0.384 e. The van der Waals surface area contributed by atoms with Gasteiger partial charge < -0.3 is 15.4 Å². The molecule has 1 unspecified atom stereocenters. The van der Waals surface area contributed by atoms with E-state index in [1.807, 2.05) is 43.5 Å². The smallest absolute Gasteiger partial charge is 0.229 e. The maximum absolute atomic E-state index is 12.9. The van der Waals surface area contributed by atoms with Gasteiger partial charge in [0, 0.05) is 7.11 Å². The lowest BCUT2D eigenvalue weighted by Crippen LogP contribution is -2.50. The molecule has 0 aliphatic carbocycles. The summed E-state index contributed by atoms with van der Waals surface area (Å²) in [4.78, 5) is 12.9. The van der Waals surface area contributed by atoms with Gasteiger partial charge in [-0.05, 0) is 45.0 Å². The van der Waals surface area contributed by atoms with Crippen LogP contribution in [0.2, 0.25) is 0 Å². The molecule has 1 saturated heterocycles. The molecule has 7 nitrogen and oxygen atoms in total. The van der Waals surface area contributed by atoms with Crippen LogP contribution in [0.3, 0.4) is 0 Å². The predicted octanol–water partition coefficient (Wildman–Crippen LogP) is 1.88. The number of carbonyl (C=O) groups excluding carboxylic acids is 1. The molecule has 1 aliphatic heterocycles. The molecule has 1 amide bonds. The largest absolute Gasteiger partial charge is 0.384 e. The maximum atomic E-state index is 12.9. The van der Waals surface area contributed by atoms with Crippen LogP contribution in [0, 0.1) is 5.41 Å². The highest BCUT2D eigenvalue weighted by molar-refractivity contribution is 5.85. The molecule has 2 heterocycles. The lowest BCUT2D eigenvalue weighted by molar-refractivity contribution is -0.136. The Morgan fingerprint density at radius 1 is 1.35 bits per heavy atom. The number of nitrogens with zero attached hydrogens (tertiary/aromatic N) is 3. The molecule has 0 bridgehead atoms. The van der Waals surface area contributed by atoms with Crippen LogP contribution in [0.25, 0.3) is 5.69 Å². The monoisotopic (exact) mass is 379 g/mol. The van der Waals surface area contributed by atoms with E-state index in [0.29, 0.717) is 6.61 Å². The number of amides is 1. The molecule has 1 fully saturated rings. The number of carbonyl (C=O) groups is 1. The van der Waals surface area contributed by atoms with Crippen molar-refractivity contribution in [2.45, 2.75) is 25.8 Å². The van der Waals surface area contributed by atoms with Gasteiger partial charge in [-0.25, -0.2) is 4.68 Å². The molecular formula is C18H26ClN5O2. The Kier molecular flexibility index (Phi) is 7.14. The van der Waals surface area contributed by atoms with E-state index in [0.717, 1.165) is 37.3 Å². The molecule has 1 aliphatic rings. The summed E-state index contributed by atoms with van der Waals surface area (Å²) in [5.41, 5.74) is 1.21.